The molecule has 0 spiro atoms. The number of rotatable bonds is 27. The van der Waals surface area contributed by atoms with Gasteiger partial charge in [-0.25, -0.2) is 0 Å². The minimum absolute atomic E-state index is 0.0916. The van der Waals surface area contributed by atoms with Crippen LogP contribution in [0.1, 0.15) is 32.6 Å². The SMILES string of the molecule is COCC1OC(OCC2OC(OCC3OC(OC)C(O)C(O)C3O)C(OCCCSCCN)C(O)C2O)C(OCCCSCCNC(=O)CSC2CCC(O)C(O)C2(C)O)C(O)C1O. The van der Waals surface area contributed by atoms with Crippen molar-refractivity contribution in [2.45, 2.75) is 148 Å². The van der Waals surface area contributed by atoms with Crippen LogP contribution in [0.15, 0.2) is 0 Å². The number of amides is 1. The second-order valence-corrected chi connectivity index (χ2v) is 19.9. The monoisotopic (exact) mass is 984 g/mol. The van der Waals surface area contributed by atoms with Crippen molar-refractivity contribution >= 4 is 41.2 Å². The smallest absolute Gasteiger partial charge is 0.230 e. The molecule has 25 heteroatoms. The third kappa shape index (κ3) is 15.9. The Hall–Kier alpha value is -0.280. The van der Waals surface area contributed by atoms with Crippen LogP contribution in [0.2, 0.25) is 0 Å². The molecule has 0 bridgehead atoms. The average Bonchev–Trinajstić information content (AvgIpc) is 3.27. The lowest BCUT2D eigenvalue weighted by Crippen LogP contribution is -2.63. The first-order valence-corrected chi connectivity index (χ1v) is 25.0. The van der Waals surface area contributed by atoms with Crippen molar-refractivity contribution in [1.82, 2.24) is 5.32 Å². The minimum atomic E-state index is -1.62. The van der Waals surface area contributed by atoms with Crippen LogP contribution < -0.4 is 11.1 Å². The maximum Gasteiger partial charge on any atom is 0.230 e. The van der Waals surface area contributed by atoms with Gasteiger partial charge in [0, 0.05) is 57.3 Å². The van der Waals surface area contributed by atoms with Crippen molar-refractivity contribution < 1.29 is 98.5 Å². The summed E-state index contributed by atoms with van der Waals surface area (Å²) in [5, 5.41) is 109. The van der Waals surface area contributed by atoms with Crippen LogP contribution >= 0.6 is 35.3 Å². The van der Waals surface area contributed by atoms with Gasteiger partial charge in [0.15, 0.2) is 18.9 Å². The van der Waals surface area contributed by atoms with Crippen molar-refractivity contribution in [3.05, 3.63) is 0 Å². The summed E-state index contributed by atoms with van der Waals surface area (Å²) in [6.45, 7) is 1.70. The van der Waals surface area contributed by atoms with E-state index in [-0.39, 0.29) is 31.5 Å². The highest BCUT2D eigenvalue weighted by atomic mass is 32.2. The molecule has 0 aromatic rings. The second kappa shape index (κ2) is 28.4. The first-order valence-electron chi connectivity index (χ1n) is 21.6. The van der Waals surface area contributed by atoms with Crippen LogP contribution in [0.3, 0.4) is 0 Å². The number of ether oxygens (including phenoxy) is 9. The Balaban J connectivity index is 1.29. The van der Waals surface area contributed by atoms with Crippen LogP contribution in [0.25, 0.3) is 0 Å². The Morgan fingerprint density at radius 3 is 1.72 bits per heavy atom. The van der Waals surface area contributed by atoms with Crippen LogP contribution in [-0.4, -0.2) is 261 Å². The van der Waals surface area contributed by atoms with E-state index in [2.05, 4.69) is 5.32 Å². The van der Waals surface area contributed by atoms with Gasteiger partial charge in [-0.15, -0.1) is 11.8 Å². The summed E-state index contributed by atoms with van der Waals surface area (Å²) in [7, 11) is 2.65. The van der Waals surface area contributed by atoms with E-state index >= 15 is 0 Å². The summed E-state index contributed by atoms with van der Waals surface area (Å²) in [4.78, 5) is 12.4. The molecule has 0 aromatic heterocycles. The van der Waals surface area contributed by atoms with Crippen LogP contribution in [0.4, 0.5) is 0 Å². The van der Waals surface area contributed by atoms with Gasteiger partial charge in [0.2, 0.25) is 5.91 Å². The van der Waals surface area contributed by atoms with Crippen LogP contribution in [0.5, 0.6) is 0 Å². The van der Waals surface area contributed by atoms with Crippen LogP contribution in [-0.2, 0) is 47.4 Å². The number of hydrogen-bond acceptors (Lipinski definition) is 24. The number of methoxy groups -OCH3 is 2. The molecule has 0 radical (unpaired) electrons. The van der Waals surface area contributed by atoms with E-state index in [0.29, 0.717) is 50.3 Å². The first kappa shape index (κ1) is 56.3. The van der Waals surface area contributed by atoms with Gasteiger partial charge < -0.3 is 105 Å². The van der Waals surface area contributed by atoms with Gasteiger partial charge in [0.25, 0.3) is 0 Å². The van der Waals surface area contributed by atoms with Gasteiger partial charge >= 0.3 is 0 Å². The maximum absolute atomic E-state index is 12.4. The Kier molecular flexibility index (Phi) is 25.0. The fourth-order valence-electron chi connectivity index (χ4n) is 7.64. The molecule has 3 aliphatic heterocycles. The first-order chi connectivity index (χ1) is 30.6. The topological polar surface area (TPSA) is 340 Å². The number of hydrogen-bond donors (Lipinski definition) is 12. The predicted octanol–water partition coefficient (Wildman–Crippen LogP) is -4.53. The van der Waals surface area contributed by atoms with Crippen molar-refractivity contribution in [2.75, 3.05) is 89.1 Å². The number of aliphatic hydroxyl groups is 10. The second-order valence-electron chi connectivity index (χ2n) is 16.3. The van der Waals surface area contributed by atoms with Crippen molar-refractivity contribution in [3.8, 4) is 0 Å². The third-order valence-corrected chi connectivity index (χ3v) is 15.2. The van der Waals surface area contributed by atoms with Crippen molar-refractivity contribution in [2.24, 2.45) is 5.73 Å². The highest BCUT2D eigenvalue weighted by Crippen LogP contribution is 2.37. The lowest BCUT2D eigenvalue weighted by molar-refractivity contribution is -0.347. The third-order valence-electron chi connectivity index (χ3n) is 11.4. The zero-order valence-electron chi connectivity index (χ0n) is 36.6. The zero-order chi connectivity index (χ0) is 47.0. The van der Waals surface area contributed by atoms with Crippen LogP contribution in [0, 0.1) is 0 Å². The normalized spacial score (nSPS) is 40.7. The predicted molar refractivity (Wildman–Crippen MR) is 232 cm³/mol. The van der Waals surface area contributed by atoms with Gasteiger partial charge in [-0.05, 0) is 44.1 Å². The molecule has 22 nitrogen and oxygen atoms in total. The molecule has 0 aromatic carbocycles. The molecule has 13 N–H and O–H groups in total. The van der Waals surface area contributed by atoms with E-state index in [1.54, 1.807) is 23.5 Å². The minimum Gasteiger partial charge on any atom is -0.390 e. The summed E-state index contributed by atoms with van der Waals surface area (Å²) < 4.78 is 51.9. The molecule has 3 saturated heterocycles. The molecule has 4 fully saturated rings. The molecule has 376 valence electrons. The highest BCUT2D eigenvalue weighted by molar-refractivity contribution is 8.00. The van der Waals surface area contributed by atoms with E-state index in [1.165, 1.54) is 32.9 Å². The number of carbonyl (C=O) groups is 1. The number of aliphatic hydroxyl groups excluding tert-OH is 9. The Morgan fingerprint density at radius 2 is 1.19 bits per heavy atom. The molecule has 1 saturated carbocycles. The number of nitrogens with two attached hydrogens (primary N) is 1. The lowest BCUT2D eigenvalue weighted by atomic mass is 9.81. The highest BCUT2D eigenvalue weighted by Gasteiger charge is 2.51. The molecule has 1 aliphatic carbocycles. The number of nitrogens with one attached hydrogen (secondary N) is 1. The summed E-state index contributed by atoms with van der Waals surface area (Å²) in [6.07, 6.45) is -21.0. The lowest BCUT2D eigenvalue weighted by Gasteiger charge is -2.45. The molecule has 19 unspecified atom stereocenters. The van der Waals surface area contributed by atoms with E-state index in [4.69, 9.17) is 48.4 Å². The van der Waals surface area contributed by atoms with Gasteiger partial charge in [0.05, 0.1) is 31.7 Å². The Morgan fingerprint density at radius 1 is 0.672 bits per heavy atom. The zero-order valence-corrected chi connectivity index (χ0v) is 39.0. The fraction of sp³-hybridized carbons (Fsp3) is 0.974. The molecule has 4 rings (SSSR count). The van der Waals surface area contributed by atoms with Crippen molar-refractivity contribution in [3.63, 3.8) is 0 Å². The largest absolute Gasteiger partial charge is 0.390 e. The summed E-state index contributed by atoms with van der Waals surface area (Å²) >= 11 is 4.41. The van der Waals surface area contributed by atoms with Gasteiger partial charge in [0.1, 0.15) is 85.0 Å². The molecule has 64 heavy (non-hydrogen) atoms. The van der Waals surface area contributed by atoms with E-state index in [1.807, 2.05) is 0 Å². The van der Waals surface area contributed by atoms with Crippen molar-refractivity contribution in [1.29, 1.82) is 0 Å². The average molecular weight is 985 g/mol. The summed E-state index contributed by atoms with van der Waals surface area (Å²) in [5.74, 6) is 2.55. The number of carbonyl (C=O) groups excluding carboxylic acids is 1. The Bertz CT molecular complexity index is 1320. The molecule has 3 heterocycles. The molecular weight excluding hydrogens is 913 g/mol. The molecule has 1 amide bonds. The quantitative estimate of drug-likeness (QED) is 0.0345. The van der Waals surface area contributed by atoms with E-state index in [0.717, 1.165) is 11.5 Å². The fourth-order valence-corrected chi connectivity index (χ4v) is 10.3. The Labute approximate surface area is 386 Å². The van der Waals surface area contributed by atoms with E-state index in [9.17, 15) is 55.9 Å². The van der Waals surface area contributed by atoms with Gasteiger partial charge in [-0.3, -0.25) is 4.79 Å². The standard InChI is InChI=1S/C39H72N2O20S3/c1-39(52)24(7-6-20(42)35(39)51)64-19-25(43)41-9-15-63-13-5-11-56-33-30(48)27(45)21(16-53-2)60-37(33)58-18-23-28(46)31(49)34(55-10-4-12-62-14-8-40)38(61-23)57-17-22-26(44)29(47)32(50)36(54-3)59-22/h20-24,26-38,42,44-52H,4-19,40H2,1-3H3,(H,41,43). The van der Waals surface area contributed by atoms with E-state index < -0.39 is 128 Å². The summed E-state index contributed by atoms with van der Waals surface area (Å²) in [5.41, 5.74) is 4.06. The summed E-state index contributed by atoms with van der Waals surface area (Å²) in [6, 6.07) is 0. The number of thioether (sulfide) groups is 3. The molecule has 19 atom stereocenters. The molecule has 4 aliphatic rings. The van der Waals surface area contributed by atoms with Gasteiger partial charge in [-0.2, -0.15) is 23.5 Å². The molecular formula is C39H72N2O20S3. The van der Waals surface area contributed by atoms with Gasteiger partial charge in [-0.1, -0.05) is 0 Å². The maximum atomic E-state index is 12.4.